The van der Waals surface area contributed by atoms with E-state index in [1.165, 1.54) is 7.05 Å². The zero-order valence-corrected chi connectivity index (χ0v) is 10.5. The molecule has 3 amide bonds. The Hall–Kier alpha value is -1.14. The quantitative estimate of drug-likeness (QED) is 0.611. The molecule has 0 aliphatic heterocycles. The number of nitrogens with zero attached hydrogens (tertiary/aromatic N) is 1. The molecule has 0 heterocycles. The van der Waals surface area contributed by atoms with Crippen LogP contribution in [-0.2, 0) is 4.79 Å². The van der Waals surface area contributed by atoms with E-state index in [-0.39, 0.29) is 0 Å². The molecular formula is C10H21N3O3. The molecule has 6 nitrogen and oxygen atoms in total. The van der Waals surface area contributed by atoms with Crippen molar-refractivity contribution in [2.24, 2.45) is 0 Å². The molecule has 0 radical (unpaired) electrons. The second-order valence-electron chi connectivity index (χ2n) is 4.47. The normalized spacial score (nSPS) is 13.4. The molecule has 0 aliphatic rings. The van der Waals surface area contributed by atoms with Gasteiger partial charge in [0.15, 0.2) is 0 Å². The van der Waals surface area contributed by atoms with Gasteiger partial charge in [-0.3, -0.25) is 15.0 Å². The lowest BCUT2D eigenvalue weighted by Crippen LogP contribution is -2.50. The molecule has 0 aromatic carbocycles. The van der Waals surface area contributed by atoms with E-state index in [0.29, 0.717) is 6.54 Å². The van der Waals surface area contributed by atoms with Crippen molar-refractivity contribution in [2.75, 3.05) is 20.6 Å². The number of hydrogen-bond donors (Lipinski definition) is 3. The smallest absolute Gasteiger partial charge is 0.321 e. The maximum absolute atomic E-state index is 11.5. The average Bonchev–Trinajstić information content (AvgIpc) is 2.13. The lowest BCUT2D eigenvalue weighted by Gasteiger charge is -2.29. The van der Waals surface area contributed by atoms with Gasteiger partial charge in [-0.05, 0) is 27.8 Å². The summed E-state index contributed by atoms with van der Waals surface area (Å²) in [5.41, 5.74) is -0.879. The van der Waals surface area contributed by atoms with Gasteiger partial charge in [0, 0.05) is 13.6 Å². The highest BCUT2D eigenvalue weighted by atomic mass is 16.3. The van der Waals surface area contributed by atoms with Crippen molar-refractivity contribution in [1.29, 1.82) is 0 Å². The third-order valence-electron chi connectivity index (χ3n) is 2.14. The van der Waals surface area contributed by atoms with Gasteiger partial charge < -0.3 is 10.4 Å². The van der Waals surface area contributed by atoms with E-state index in [1.54, 1.807) is 32.7 Å². The first-order valence-corrected chi connectivity index (χ1v) is 5.12. The van der Waals surface area contributed by atoms with Crippen LogP contribution in [0.1, 0.15) is 20.8 Å². The fourth-order valence-electron chi connectivity index (χ4n) is 1.23. The van der Waals surface area contributed by atoms with Crippen molar-refractivity contribution in [3.8, 4) is 0 Å². The van der Waals surface area contributed by atoms with E-state index in [2.05, 4.69) is 10.6 Å². The number of likely N-dealkylation sites (N-methyl/N-ethyl adjacent to an activating group) is 1. The van der Waals surface area contributed by atoms with Gasteiger partial charge in [-0.1, -0.05) is 0 Å². The molecule has 0 saturated heterocycles. The van der Waals surface area contributed by atoms with Crippen LogP contribution in [0.3, 0.4) is 0 Å². The molecular weight excluding hydrogens is 210 g/mol. The summed E-state index contributed by atoms with van der Waals surface area (Å²) >= 11 is 0. The summed E-state index contributed by atoms with van der Waals surface area (Å²) in [7, 11) is 3.15. The van der Waals surface area contributed by atoms with Crippen LogP contribution in [0.2, 0.25) is 0 Å². The van der Waals surface area contributed by atoms with Crippen molar-refractivity contribution in [2.45, 2.75) is 32.4 Å². The highest BCUT2D eigenvalue weighted by Crippen LogP contribution is 2.06. The van der Waals surface area contributed by atoms with Gasteiger partial charge >= 0.3 is 6.03 Å². The third-order valence-corrected chi connectivity index (χ3v) is 2.14. The standard InChI is InChI=1S/C10H21N3O3/c1-7(8(14)12-9(15)11-4)13(5)6-10(2,3)16/h7,16H,6H2,1-5H3,(H2,11,12,14,15). The van der Waals surface area contributed by atoms with E-state index in [0.717, 1.165) is 0 Å². The molecule has 6 heteroatoms. The topological polar surface area (TPSA) is 81.7 Å². The minimum absolute atomic E-state index is 0.343. The first-order valence-electron chi connectivity index (χ1n) is 5.12. The van der Waals surface area contributed by atoms with Gasteiger partial charge in [-0.25, -0.2) is 4.79 Å². The number of amides is 3. The van der Waals surface area contributed by atoms with Crippen LogP contribution in [0.4, 0.5) is 4.79 Å². The van der Waals surface area contributed by atoms with E-state index in [9.17, 15) is 14.7 Å². The van der Waals surface area contributed by atoms with Gasteiger partial charge in [0.1, 0.15) is 0 Å². The van der Waals surface area contributed by atoms with Crippen LogP contribution in [0.25, 0.3) is 0 Å². The number of carbonyl (C=O) groups excluding carboxylic acids is 2. The molecule has 3 N–H and O–H groups in total. The summed E-state index contributed by atoms with van der Waals surface area (Å²) in [5, 5.41) is 14.1. The van der Waals surface area contributed by atoms with E-state index in [1.807, 2.05) is 0 Å². The van der Waals surface area contributed by atoms with Crippen LogP contribution in [0.15, 0.2) is 0 Å². The Kier molecular flexibility index (Phi) is 5.40. The summed E-state index contributed by atoms with van der Waals surface area (Å²) in [6.45, 7) is 5.33. The monoisotopic (exact) mass is 231 g/mol. The molecule has 0 bridgehead atoms. The summed E-state index contributed by atoms with van der Waals surface area (Å²) in [5.74, 6) is -0.397. The third kappa shape index (κ3) is 5.67. The molecule has 0 spiro atoms. The van der Waals surface area contributed by atoms with Gasteiger partial charge in [0.25, 0.3) is 0 Å². The zero-order chi connectivity index (χ0) is 12.9. The maximum atomic E-state index is 11.5. The molecule has 0 rings (SSSR count). The number of carbonyl (C=O) groups is 2. The fraction of sp³-hybridized carbons (Fsp3) is 0.800. The number of hydrogen-bond acceptors (Lipinski definition) is 4. The van der Waals surface area contributed by atoms with Crippen LogP contribution in [0, 0.1) is 0 Å². The minimum Gasteiger partial charge on any atom is -0.389 e. The Morgan fingerprint density at radius 1 is 1.44 bits per heavy atom. The van der Waals surface area contributed by atoms with Gasteiger partial charge in [-0.15, -0.1) is 0 Å². The lowest BCUT2D eigenvalue weighted by molar-refractivity contribution is -0.125. The van der Waals surface area contributed by atoms with Crippen LogP contribution >= 0.6 is 0 Å². The Labute approximate surface area is 96.0 Å². The van der Waals surface area contributed by atoms with Gasteiger partial charge in [0.2, 0.25) is 5.91 Å². The Bertz CT molecular complexity index is 261. The van der Waals surface area contributed by atoms with Crippen molar-refractivity contribution >= 4 is 11.9 Å². The molecule has 1 unspecified atom stereocenters. The first-order chi connectivity index (χ1) is 7.17. The number of imide groups is 1. The predicted molar refractivity (Wildman–Crippen MR) is 61.0 cm³/mol. The molecule has 0 fully saturated rings. The van der Waals surface area contributed by atoms with Crippen molar-refractivity contribution in [1.82, 2.24) is 15.5 Å². The summed E-state index contributed by atoms with van der Waals surface area (Å²) in [6, 6.07) is -1.02. The maximum Gasteiger partial charge on any atom is 0.321 e. The average molecular weight is 231 g/mol. The highest BCUT2D eigenvalue weighted by Gasteiger charge is 2.24. The summed E-state index contributed by atoms with van der Waals surface area (Å²) in [4.78, 5) is 24.1. The SMILES string of the molecule is CNC(=O)NC(=O)C(C)N(C)CC(C)(C)O. The Morgan fingerprint density at radius 2 is 1.94 bits per heavy atom. The van der Waals surface area contributed by atoms with Crippen molar-refractivity contribution in [3.63, 3.8) is 0 Å². The van der Waals surface area contributed by atoms with Crippen LogP contribution in [0.5, 0.6) is 0 Å². The molecule has 0 aromatic rings. The van der Waals surface area contributed by atoms with Crippen LogP contribution in [-0.4, -0.2) is 54.2 Å². The second-order valence-corrected chi connectivity index (χ2v) is 4.47. The molecule has 1 atom stereocenters. The Balaban J connectivity index is 4.27. The number of aliphatic hydroxyl groups is 1. The second kappa shape index (κ2) is 5.81. The molecule has 0 aromatic heterocycles. The zero-order valence-electron chi connectivity index (χ0n) is 10.5. The van der Waals surface area contributed by atoms with Gasteiger partial charge in [0.05, 0.1) is 11.6 Å². The summed E-state index contributed by atoms with van der Waals surface area (Å²) in [6.07, 6.45) is 0. The number of rotatable bonds is 4. The molecule has 0 aliphatic carbocycles. The number of urea groups is 1. The molecule has 0 saturated carbocycles. The van der Waals surface area contributed by atoms with E-state index >= 15 is 0 Å². The van der Waals surface area contributed by atoms with Crippen LogP contribution < -0.4 is 10.6 Å². The van der Waals surface area contributed by atoms with Gasteiger partial charge in [-0.2, -0.15) is 0 Å². The molecule has 16 heavy (non-hydrogen) atoms. The van der Waals surface area contributed by atoms with Crippen molar-refractivity contribution < 1.29 is 14.7 Å². The predicted octanol–water partition coefficient (Wildman–Crippen LogP) is -0.467. The summed E-state index contributed by atoms with van der Waals surface area (Å²) < 4.78 is 0. The number of nitrogens with one attached hydrogen (secondary N) is 2. The molecule has 94 valence electrons. The minimum atomic E-state index is -0.879. The largest absolute Gasteiger partial charge is 0.389 e. The van der Waals surface area contributed by atoms with E-state index < -0.39 is 23.6 Å². The lowest BCUT2D eigenvalue weighted by atomic mass is 10.1. The first kappa shape index (κ1) is 14.9. The fourth-order valence-corrected chi connectivity index (χ4v) is 1.23. The Morgan fingerprint density at radius 3 is 2.31 bits per heavy atom. The van der Waals surface area contributed by atoms with Crippen molar-refractivity contribution in [3.05, 3.63) is 0 Å². The van der Waals surface area contributed by atoms with E-state index in [4.69, 9.17) is 0 Å². The highest BCUT2D eigenvalue weighted by molar-refractivity contribution is 5.96.